The van der Waals surface area contributed by atoms with E-state index in [0.717, 1.165) is 34.2 Å². The van der Waals surface area contributed by atoms with Gasteiger partial charge in [-0.3, -0.25) is 0 Å². The smallest absolute Gasteiger partial charge is 0.364 e. The van der Waals surface area contributed by atoms with Crippen molar-refractivity contribution in [1.29, 1.82) is 0 Å². The quantitative estimate of drug-likeness (QED) is 0.254. The van der Waals surface area contributed by atoms with E-state index in [9.17, 15) is 4.79 Å². The number of carbonyl (C=O) groups is 1. The van der Waals surface area contributed by atoms with Crippen molar-refractivity contribution in [2.24, 2.45) is 0 Å². The van der Waals surface area contributed by atoms with Crippen LogP contribution in [-0.4, -0.2) is 45.9 Å². The predicted molar refractivity (Wildman–Crippen MR) is 113 cm³/mol. The summed E-state index contributed by atoms with van der Waals surface area (Å²) in [5, 5.41) is 0. The van der Waals surface area contributed by atoms with Crippen LogP contribution in [0.5, 0.6) is 17.2 Å². The third kappa shape index (κ3) is 6.71. The van der Waals surface area contributed by atoms with Gasteiger partial charge < -0.3 is 19.1 Å². The molecule has 6 nitrogen and oxygen atoms in total. The minimum absolute atomic E-state index is 0.346. The zero-order chi connectivity index (χ0) is 20.6. The third-order valence-corrected chi connectivity index (χ3v) is 5.63. The summed E-state index contributed by atoms with van der Waals surface area (Å²) in [6.07, 6.45) is 5.17. The highest BCUT2D eigenvalue weighted by atomic mass is 28.4. The molecule has 8 heteroatoms. The summed E-state index contributed by atoms with van der Waals surface area (Å²) in [6, 6.07) is 1.86. The highest BCUT2D eigenvalue weighted by molar-refractivity contribution is 6.69. The van der Waals surface area contributed by atoms with Gasteiger partial charge in [0.1, 0.15) is 0 Å². The first-order chi connectivity index (χ1) is 12.7. The molecule has 0 aliphatic rings. The zero-order valence-electron chi connectivity index (χ0n) is 17.7. The van der Waals surface area contributed by atoms with Gasteiger partial charge in [-0.25, -0.2) is 9.37 Å². The SMILES string of the molecule is CCCC([SiH3])c1c(C=CC(=O)OO[Si](C)(C)C)cc(OC)c(OC)c1OC. The minimum atomic E-state index is -1.94. The topological polar surface area (TPSA) is 63.2 Å². The fraction of sp³-hybridized carbons (Fsp3) is 0.526. The van der Waals surface area contributed by atoms with Crippen molar-refractivity contribution in [3.63, 3.8) is 0 Å². The lowest BCUT2D eigenvalue weighted by atomic mass is 9.98. The molecule has 1 atom stereocenters. The Balaban J connectivity index is 3.34. The first-order valence-corrected chi connectivity index (χ1v) is 13.6. The van der Waals surface area contributed by atoms with Crippen molar-refractivity contribution >= 4 is 30.6 Å². The van der Waals surface area contributed by atoms with E-state index in [1.807, 2.05) is 25.7 Å². The molecule has 1 aromatic carbocycles. The molecular weight excluding hydrogens is 380 g/mol. The Morgan fingerprint density at radius 2 is 1.78 bits per heavy atom. The molecule has 0 heterocycles. The summed E-state index contributed by atoms with van der Waals surface area (Å²) in [6.45, 7) is 7.98. The second kappa shape index (κ2) is 10.5. The molecule has 0 bridgehead atoms. The van der Waals surface area contributed by atoms with Gasteiger partial charge in [0.15, 0.2) is 11.5 Å². The molecule has 0 amide bonds. The van der Waals surface area contributed by atoms with E-state index in [0.29, 0.717) is 22.8 Å². The van der Waals surface area contributed by atoms with E-state index in [1.165, 1.54) is 6.08 Å². The Labute approximate surface area is 166 Å². The molecule has 0 spiro atoms. The van der Waals surface area contributed by atoms with Crippen molar-refractivity contribution in [1.82, 2.24) is 0 Å². The highest BCUT2D eigenvalue weighted by Crippen LogP contribution is 2.45. The Bertz CT molecular complexity index is 667. The number of benzene rings is 1. The molecule has 0 saturated carbocycles. The largest absolute Gasteiger partial charge is 0.493 e. The summed E-state index contributed by atoms with van der Waals surface area (Å²) in [4.78, 5) is 16.9. The van der Waals surface area contributed by atoms with Crippen LogP contribution in [0, 0.1) is 0 Å². The molecule has 1 unspecified atom stereocenters. The lowest BCUT2D eigenvalue weighted by molar-refractivity contribution is -0.213. The maximum atomic E-state index is 12.0. The van der Waals surface area contributed by atoms with Gasteiger partial charge in [-0.15, -0.1) is 0 Å². The molecule has 0 aliphatic heterocycles. The fourth-order valence-corrected chi connectivity index (χ4v) is 4.28. The van der Waals surface area contributed by atoms with Crippen LogP contribution in [0.4, 0.5) is 0 Å². The second-order valence-corrected chi connectivity index (χ2v) is 13.1. The summed E-state index contributed by atoms with van der Waals surface area (Å²) in [7, 11) is 3.78. The molecule has 0 radical (unpaired) electrons. The average Bonchev–Trinajstić information content (AvgIpc) is 2.62. The Morgan fingerprint density at radius 3 is 2.26 bits per heavy atom. The van der Waals surface area contributed by atoms with Crippen LogP contribution in [0.3, 0.4) is 0 Å². The molecule has 0 fully saturated rings. The lowest BCUT2D eigenvalue weighted by Crippen LogP contribution is -2.26. The Hall–Kier alpha value is -1.78. The number of hydrogen-bond acceptors (Lipinski definition) is 6. The molecule has 0 saturated heterocycles. The Morgan fingerprint density at radius 1 is 1.15 bits per heavy atom. The van der Waals surface area contributed by atoms with Crippen molar-refractivity contribution < 1.29 is 28.5 Å². The van der Waals surface area contributed by atoms with Crippen molar-refractivity contribution in [3.8, 4) is 17.2 Å². The molecule has 1 rings (SSSR count). The third-order valence-electron chi connectivity index (χ3n) is 3.89. The zero-order valence-corrected chi connectivity index (χ0v) is 20.7. The number of hydrogen-bond donors (Lipinski definition) is 0. The first-order valence-electron chi connectivity index (χ1n) is 9.09. The summed E-state index contributed by atoms with van der Waals surface area (Å²) in [5.74, 6) is 1.22. The van der Waals surface area contributed by atoms with Crippen LogP contribution >= 0.6 is 0 Å². The molecular formula is C19H32O6Si2. The monoisotopic (exact) mass is 412 g/mol. The summed E-state index contributed by atoms with van der Waals surface area (Å²) >= 11 is 0. The standard InChI is InChI=1S/C19H32O6Si2/c1-8-9-15(26)17-13(10-11-16(20)24-25-27(5,6)7)12-14(21-2)18(22-3)19(17)23-4/h10-12,15H,8-9H2,1-7,26H3. The normalized spacial score (nSPS) is 12.9. The van der Waals surface area contributed by atoms with Gasteiger partial charge in [0.25, 0.3) is 0 Å². The van der Waals surface area contributed by atoms with Gasteiger partial charge in [-0.2, -0.15) is 0 Å². The first kappa shape index (κ1) is 23.3. The lowest BCUT2D eigenvalue weighted by Gasteiger charge is -2.22. The minimum Gasteiger partial charge on any atom is -0.493 e. The van der Waals surface area contributed by atoms with Crippen molar-refractivity contribution in [3.05, 3.63) is 23.3 Å². The van der Waals surface area contributed by atoms with Gasteiger partial charge in [0.2, 0.25) is 14.1 Å². The molecule has 27 heavy (non-hydrogen) atoms. The van der Waals surface area contributed by atoms with E-state index in [4.69, 9.17) is 23.7 Å². The Kier molecular flexibility index (Phi) is 9.07. The fourth-order valence-electron chi connectivity index (χ4n) is 2.77. The maximum Gasteiger partial charge on any atom is 0.364 e. The van der Waals surface area contributed by atoms with Gasteiger partial charge in [0, 0.05) is 21.9 Å². The highest BCUT2D eigenvalue weighted by Gasteiger charge is 2.23. The van der Waals surface area contributed by atoms with Crippen LogP contribution in [0.15, 0.2) is 12.1 Å². The van der Waals surface area contributed by atoms with Crippen LogP contribution in [0.2, 0.25) is 19.6 Å². The molecule has 0 aliphatic carbocycles. The molecule has 0 N–H and O–H groups in total. The van der Waals surface area contributed by atoms with Crippen LogP contribution in [-0.2, 0) is 14.3 Å². The van der Waals surface area contributed by atoms with E-state index in [-0.39, 0.29) is 0 Å². The van der Waals surface area contributed by atoms with E-state index < -0.39 is 14.3 Å². The van der Waals surface area contributed by atoms with Gasteiger partial charge in [0.05, 0.1) is 21.3 Å². The number of rotatable bonds is 10. The number of ether oxygens (including phenoxy) is 3. The predicted octanol–water partition coefficient (Wildman–Crippen LogP) is 3.24. The van der Waals surface area contributed by atoms with E-state index in [1.54, 1.807) is 27.4 Å². The number of methoxy groups -OCH3 is 3. The van der Waals surface area contributed by atoms with Crippen LogP contribution in [0.1, 0.15) is 36.4 Å². The van der Waals surface area contributed by atoms with Crippen molar-refractivity contribution in [2.45, 2.75) is 44.9 Å². The second-order valence-electron chi connectivity index (χ2n) is 7.27. The van der Waals surface area contributed by atoms with Crippen LogP contribution < -0.4 is 14.2 Å². The van der Waals surface area contributed by atoms with Gasteiger partial charge in [-0.1, -0.05) is 13.3 Å². The summed E-state index contributed by atoms with van der Waals surface area (Å²) in [5.41, 5.74) is 2.22. The van der Waals surface area contributed by atoms with Gasteiger partial charge >= 0.3 is 5.97 Å². The average molecular weight is 413 g/mol. The maximum absolute atomic E-state index is 12.0. The molecule has 1 aromatic rings. The summed E-state index contributed by atoms with van der Waals surface area (Å²) < 4.78 is 21.8. The van der Waals surface area contributed by atoms with Crippen LogP contribution in [0.25, 0.3) is 6.08 Å². The molecule has 152 valence electrons. The van der Waals surface area contributed by atoms with E-state index >= 15 is 0 Å². The van der Waals surface area contributed by atoms with Gasteiger partial charge in [-0.05, 0) is 49.3 Å². The van der Waals surface area contributed by atoms with Crippen molar-refractivity contribution in [2.75, 3.05) is 21.3 Å². The number of carbonyl (C=O) groups excluding carboxylic acids is 1. The van der Waals surface area contributed by atoms with E-state index in [2.05, 4.69) is 6.92 Å². The molecule has 0 aromatic heterocycles.